The fourth-order valence-corrected chi connectivity index (χ4v) is 4.00. The largest absolute Gasteiger partial charge is 0.341 e. The van der Waals surface area contributed by atoms with Crippen molar-refractivity contribution in [2.75, 3.05) is 31.1 Å². The number of anilines is 1. The molecule has 2 aromatic heterocycles. The van der Waals surface area contributed by atoms with Gasteiger partial charge in [-0.3, -0.25) is 9.89 Å². The highest BCUT2D eigenvalue weighted by Crippen LogP contribution is 2.25. The van der Waals surface area contributed by atoms with E-state index in [0.29, 0.717) is 23.7 Å². The van der Waals surface area contributed by atoms with Gasteiger partial charge in [-0.15, -0.1) is 0 Å². The summed E-state index contributed by atoms with van der Waals surface area (Å²) in [7, 11) is 0. The Kier molecular flexibility index (Phi) is 4.88. The van der Waals surface area contributed by atoms with Crippen LogP contribution in [-0.4, -0.2) is 57.2 Å². The first-order valence-corrected chi connectivity index (χ1v) is 10.3. The van der Waals surface area contributed by atoms with Gasteiger partial charge in [0.05, 0.1) is 28.5 Å². The van der Waals surface area contributed by atoms with Gasteiger partial charge in [0.1, 0.15) is 0 Å². The van der Waals surface area contributed by atoms with Crippen LogP contribution in [0.25, 0.3) is 22.3 Å². The van der Waals surface area contributed by atoms with Crippen LogP contribution in [0.2, 0.25) is 5.02 Å². The van der Waals surface area contributed by atoms with Crippen LogP contribution in [0.3, 0.4) is 0 Å². The second-order valence-corrected chi connectivity index (χ2v) is 7.81. The molecule has 8 heteroatoms. The molecule has 2 N–H and O–H groups in total. The molecular formula is C22H21ClN6O. The molecule has 1 saturated heterocycles. The third kappa shape index (κ3) is 3.52. The van der Waals surface area contributed by atoms with Crippen molar-refractivity contribution < 1.29 is 4.79 Å². The average Bonchev–Trinajstić information content (AvgIpc) is 3.35. The van der Waals surface area contributed by atoms with Gasteiger partial charge in [-0.2, -0.15) is 5.10 Å². The van der Waals surface area contributed by atoms with Crippen LogP contribution in [0.1, 0.15) is 16.8 Å². The number of fused-ring (bicyclic) bond motifs is 1. The maximum atomic E-state index is 13.3. The van der Waals surface area contributed by atoms with Crippen LogP contribution >= 0.6 is 11.6 Å². The summed E-state index contributed by atoms with van der Waals surface area (Å²) in [4.78, 5) is 25.4. The van der Waals surface area contributed by atoms with E-state index < -0.39 is 0 Å². The van der Waals surface area contributed by atoms with Crippen LogP contribution in [0.5, 0.6) is 0 Å². The Bertz CT molecular complexity index is 1150. The van der Waals surface area contributed by atoms with Crippen molar-refractivity contribution in [3.05, 3.63) is 65.3 Å². The summed E-state index contributed by atoms with van der Waals surface area (Å²) in [6.07, 6.45) is 2.48. The molecular weight excluding hydrogens is 400 g/mol. The van der Waals surface area contributed by atoms with Crippen LogP contribution in [0.15, 0.2) is 54.7 Å². The molecule has 1 amide bonds. The number of rotatable bonds is 3. The van der Waals surface area contributed by atoms with Crippen molar-refractivity contribution >= 4 is 34.5 Å². The van der Waals surface area contributed by atoms with E-state index in [1.165, 1.54) is 0 Å². The maximum Gasteiger partial charge on any atom is 0.257 e. The molecule has 0 atom stereocenters. The molecule has 1 fully saturated rings. The molecule has 152 valence electrons. The van der Waals surface area contributed by atoms with Gasteiger partial charge >= 0.3 is 0 Å². The number of amides is 1. The predicted octanol–water partition coefficient (Wildman–Crippen LogP) is 3.96. The first-order valence-electron chi connectivity index (χ1n) is 9.97. The number of para-hydroxylation sites is 2. The zero-order valence-corrected chi connectivity index (χ0v) is 17.1. The molecule has 0 bridgehead atoms. The fourth-order valence-electron chi connectivity index (χ4n) is 3.88. The van der Waals surface area contributed by atoms with E-state index in [2.05, 4.69) is 20.1 Å². The molecule has 0 spiro atoms. The number of hydrogen-bond acceptors (Lipinski definition) is 4. The monoisotopic (exact) mass is 420 g/mol. The first-order chi connectivity index (χ1) is 14.7. The SMILES string of the molecule is O=C(c1cn[nH]c1-c1ccc(Cl)cc1)N1CCCN(c2nc3ccccc3[nH]2)CC1. The third-order valence-corrected chi connectivity index (χ3v) is 5.71. The summed E-state index contributed by atoms with van der Waals surface area (Å²) >= 11 is 5.99. The number of carbonyl (C=O) groups excluding carboxylic acids is 1. The van der Waals surface area contributed by atoms with Gasteiger partial charge in [0.2, 0.25) is 5.95 Å². The number of aromatic amines is 2. The lowest BCUT2D eigenvalue weighted by Gasteiger charge is -2.21. The topological polar surface area (TPSA) is 80.9 Å². The normalized spacial score (nSPS) is 14.8. The predicted molar refractivity (Wildman–Crippen MR) is 118 cm³/mol. The van der Waals surface area contributed by atoms with E-state index in [0.717, 1.165) is 47.7 Å². The minimum atomic E-state index is -0.0137. The van der Waals surface area contributed by atoms with Crippen molar-refractivity contribution in [1.29, 1.82) is 0 Å². The molecule has 1 aliphatic rings. The smallest absolute Gasteiger partial charge is 0.257 e. The van der Waals surface area contributed by atoms with Gasteiger partial charge in [-0.25, -0.2) is 4.98 Å². The molecule has 1 aliphatic heterocycles. The summed E-state index contributed by atoms with van der Waals surface area (Å²) in [5, 5.41) is 7.73. The second-order valence-electron chi connectivity index (χ2n) is 7.38. The highest BCUT2D eigenvalue weighted by Gasteiger charge is 2.25. The molecule has 0 saturated carbocycles. The van der Waals surface area contributed by atoms with Crippen molar-refractivity contribution in [2.24, 2.45) is 0 Å². The number of nitrogens with one attached hydrogen (secondary N) is 2. The molecule has 0 unspecified atom stereocenters. The van der Waals surface area contributed by atoms with E-state index in [4.69, 9.17) is 16.6 Å². The Hall–Kier alpha value is -3.32. The molecule has 3 heterocycles. The number of aromatic nitrogens is 4. The number of imidazole rings is 1. The third-order valence-electron chi connectivity index (χ3n) is 5.46. The maximum absolute atomic E-state index is 13.3. The number of carbonyl (C=O) groups is 1. The summed E-state index contributed by atoms with van der Waals surface area (Å²) in [5.74, 6) is 0.843. The van der Waals surface area contributed by atoms with E-state index in [-0.39, 0.29) is 5.91 Å². The first kappa shape index (κ1) is 18.7. The molecule has 4 aromatic rings. The van der Waals surface area contributed by atoms with Crippen LogP contribution < -0.4 is 4.90 Å². The minimum Gasteiger partial charge on any atom is -0.341 e. The van der Waals surface area contributed by atoms with Gasteiger partial charge in [-0.05, 0) is 30.7 Å². The van der Waals surface area contributed by atoms with Gasteiger partial charge in [0.25, 0.3) is 5.91 Å². The van der Waals surface area contributed by atoms with Crippen molar-refractivity contribution in [3.8, 4) is 11.3 Å². The molecule has 5 rings (SSSR count). The zero-order chi connectivity index (χ0) is 20.5. The van der Waals surface area contributed by atoms with Crippen molar-refractivity contribution in [2.45, 2.75) is 6.42 Å². The number of halogens is 1. The number of benzene rings is 2. The summed E-state index contributed by atoms with van der Waals surface area (Å²) in [5.41, 5.74) is 4.16. The Morgan fingerprint density at radius 2 is 1.83 bits per heavy atom. The van der Waals surface area contributed by atoms with Gasteiger partial charge in [-0.1, -0.05) is 35.9 Å². The van der Waals surface area contributed by atoms with E-state index in [1.54, 1.807) is 6.20 Å². The standard InChI is InChI=1S/C22H21ClN6O/c23-16-8-6-15(7-9-16)20-17(14-24-27-20)21(30)28-10-3-11-29(13-12-28)22-25-18-4-1-2-5-19(18)26-22/h1-2,4-9,14H,3,10-13H2,(H,24,27)(H,25,26). The number of H-pyrrole nitrogens is 2. The number of nitrogens with zero attached hydrogens (tertiary/aromatic N) is 4. The van der Waals surface area contributed by atoms with Gasteiger partial charge in [0.15, 0.2) is 0 Å². The summed E-state index contributed by atoms with van der Waals surface area (Å²) in [6, 6.07) is 15.4. The summed E-state index contributed by atoms with van der Waals surface area (Å²) < 4.78 is 0. The Morgan fingerprint density at radius 3 is 2.67 bits per heavy atom. The lowest BCUT2D eigenvalue weighted by molar-refractivity contribution is 0.0768. The quantitative estimate of drug-likeness (QED) is 0.525. The zero-order valence-electron chi connectivity index (χ0n) is 16.3. The Morgan fingerprint density at radius 1 is 1.00 bits per heavy atom. The van der Waals surface area contributed by atoms with Crippen LogP contribution in [-0.2, 0) is 0 Å². The average molecular weight is 421 g/mol. The van der Waals surface area contributed by atoms with E-state index in [9.17, 15) is 4.79 Å². The Labute approximate surface area is 178 Å². The molecule has 7 nitrogen and oxygen atoms in total. The highest BCUT2D eigenvalue weighted by atomic mass is 35.5. The Balaban J connectivity index is 1.33. The van der Waals surface area contributed by atoms with Gasteiger partial charge < -0.3 is 14.8 Å². The molecule has 2 aromatic carbocycles. The van der Waals surface area contributed by atoms with Gasteiger partial charge in [0, 0.05) is 36.8 Å². The van der Waals surface area contributed by atoms with E-state index in [1.807, 2.05) is 53.4 Å². The molecule has 0 radical (unpaired) electrons. The van der Waals surface area contributed by atoms with Crippen LogP contribution in [0.4, 0.5) is 5.95 Å². The molecule has 30 heavy (non-hydrogen) atoms. The van der Waals surface area contributed by atoms with Crippen molar-refractivity contribution in [1.82, 2.24) is 25.1 Å². The minimum absolute atomic E-state index is 0.0137. The van der Waals surface area contributed by atoms with Crippen LogP contribution in [0, 0.1) is 0 Å². The van der Waals surface area contributed by atoms with Crippen molar-refractivity contribution in [3.63, 3.8) is 0 Å². The highest BCUT2D eigenvalue weighted by molar-refractivity contribution is 6.30. The number of hydrogen-bond donors (Lipinski definition) is 2. The lowest BCUT2D eigenvalue weighted by Crippen LogP contribution is -2.35. The van der Waals surface area contributed by atoms with E-state index >= 15 is 0 Å². The molecule has 0 aliphatic carbocycles. The fraction of sp³-hybridized carbons (Fsp3) is 0.227. The second kappa shape index (κ2) is 7.84. The summed E-state index contributed by atoms with van der Waals surface area (Å²) in [6.45, 7) is 2.89. The lowest BCUT2D eigenvalue weighted by atomic mass is 10.1.